The molecule has 0 spiro atoms. The monoisotopic (exact) mass is 565 g/mol. The van der Waals surface area contributed by atoms with E-state index in [2.05, 4.69) is 59.4 Å². The fraction of sp³-hybridized carbons (Fsp3) is 0.545. The smallest absolute Gasteiger partial charge is 0.251 e. The number of ether oxygens (including phenoxy) is 1. The lowest BCUT2D eigenvalue weighted by atomic mass is 9.81. The number of halogens is 1. The molecule has 3 N–H and O–H groups in total. The molecule has 6 nitrogen and oxygen atoms in total. The van der Waals surface area contributed by atoms with Crippen molar-refractivity contribution in [3.8, 4) is 17.0 Å². The maximum absolute atomic E-state index is 13.5. The molecule has 3 aliphatic rings. The van der Waals surface area contributed by atoms with Crippen LogP contribution in [-0.4, -0.2) is 46.4 Å². The number of aliphatic hydroxyl groups excluding tert-OH is 1. The highest BCUT2D eigenvalue weighted by Gasteiger charge is 2.30. The Labute approximate surface area is 244 Å². The molecule has 216 valence electrons. The number of aliphatic hydroxyl groups is 1. The molecule has 2 aliphatic carbocycles. The SMILES string of the molecule is CC(C)(CN[C@H]1CC[C@H](O)CC1)NC(=O)c1ccc2c(C3CCCCC3)c3n(c2c1)CCOc1ccccc1-3.Cl. The summed E-state index contributed by atoms with van der Waals surface area (Å²) in [7, 11) is 0. The highest BCUT2D eigenvalue weighted by molar-refractivity contribution is 6.01. The number of nitrogens with zero attached hydrogens (tertiary/aromatic N) is 1. The Hall–Kier alpha value is -2.54. The Kier molecular flexibility index (Phi) is 8.79. The third-order valence-electron chi connectivity index (χ3n) is 9.08. The van der Waals surface area contributed by atoms with E-state index in [4.69, 9.17) is 4.74 Å². The maximum Gasteiger partial charge on any atom is 0.251 e. The normalized spacial score (nSPS) is 21.5. The molecule has 3 aromatic rings. The third kappa shape index (κ3) is 5.90. The van der Waals surface area contributed by atoms with E-state index in [1.54, 1.807) is 0 Å². The topological polar surface area (TPSA) is 75.5 Å². The van der Waals surface area contributed by atoms with Crippen LogP contribution in [0.25, 0.3) is 22.2 Å². The van der Waals surface area contributed by atoms with Crippen molar-refractivity contribution in [2.45, 2.75) is 102 Å². The largest absolute Gasteiger partial charge is 0.491 e. The van der Waals surface area contributed by atoms with E-state index in [9.17, 15) is 9.90 Å². The summed E-state index contributed by atoms with van der Waals surface area (Å²) in [5, 5.41) is 18.0. The van der Waals surface area contributed by atoms with Gasteiger partial charge in [0.1, 0.15) is 12.4 Å². The standard InChI is InChI=1S/C33H43N3O3.ClH/c1-33(2,21-34-24-13-15-25(37)16-14-24)35-32(38)23-12-17-26-28(20-23)36-18-19-39-29-11-7-6-10-27(29)31(36)30(26)22-8-4-3-5-9-22;/h6-7,10-12,17,20,22,24-25,34,37H,3-5,8-9,13-16,18-19,21H2,1-2H3,(H,35,38);1H/t24-,25-;. The molecule has 2 saturated carbocycles. The highest BCUT2D eigenvalue weighted by atomic mass is 35.5. The van der Waals surface area contributed by atoms with Crippen LogP contribution in [0.2, 0.25) is 0 Å². The van der Waals surface area contributed by atoms with Gasteiger partial charge in [-0.25, -0.2) is 0 Å². The highest BCUT2D eigenvalue weighted by Crippen LogP contribution is 2.47. The molecule has 1 aromatic heterocycles. The van der Waals surface area contributed by atoms with Crippen molar-refractivity contribution in [1.29, 1.82) is 0 Å². The van der Waals surface area contributed by atoms with Gasteiger partial charge >= 0.3 is 0 Å². The zero-order valence-electron chi connectivity index (χ0n) is 23.9. The van der Waals surface area contributed by atoms with Gasteiger partial charge in [-0.2, -0.15) is 0 Å². The van der Waals surface area contributed by atoms with Crippen molar-refractivity contribution in [3.63, 3.8) is 0 Å². The van der Waals surface area contributed by atoms with Crippen LogP contribution in [0.15, 0.2) is 42.5 Å². The predicted molar refractivity (Wildman–Crippen MR) is 164 cm³/mol. The van der Waals surface area contributed by atoms with Crippen LogP contribution in [0.4, 0.5) is 0 Å². The molecule has 0 saturated heterocycles. The molecule has 2 heterocycles. The van der Waals surface area contributed by atoms with Gasteiger partial charge < -0.3 is 25.0 Å². The molecule has 0 unspecified atom stereocenters. The number of fused-ring (bicyclic) bond motifs is 5. The number of nitrogens with one attached hydrogen (secondary N) is 2. The first-order chi connectivity index (χ1) is 18.9. The summed E-state index contributed by atoms with van der Waals surface area (Å²) in [6, 6.07) is 15.1. The zero-order chi connectivity index (χ0) is 27.0. The molecule has 2 aromatic carbocycles. The molecule has 0 atom stereocenters. The molecule has 1 aliphatic heterocycles. The van der Waals surface area contributed by atoms with Crippen LogP contribution in [0.5, 0.6) is 5.75 Å². The van der Waals surface area contributed by atoms with E-state index in [0.29, 0.717) is 30.7 Å². The van der Waals surface area contributed by atoms with Crippen molar-refractivity contribution in [3.05, 3.63) is 53.6 Å². The first-order valence-corrected chi connectivity index (χ1v) is 15.0. The van der Waals surface area contributed by atoms with Crippen molar-refractivity contribution in [2.24, 2.45) is 0 Å². The minimum Gasteiger partial charge on any atom is -0.491 e. The summed E-state index contributed by atoms with van der Waals surface area (Å²) in [6.07, 6.45) is 9.83. The van der Waals surface area contributed by atoms with E-state index in [1.807, 2.05) is 12.1 Å². The van der Waals surface area contributed by atoms with Crippen LogP contribution in [0.3, 0.4) is 0 Å². The summed E-state index contributed by atoms with van der Waals surface area (Å²) in [4.78, 5) is 13.5. The van der Waals surface area contributed by atoms with E-state index in [0.717, 1.165) is 43.5 Å². The van der Waals surface area contributed by atoms with Crippen molar-refractivity contribution in [2.75, 3.05) is 13.2 Å². The number of hydrogen-bond donors (Lipinski definition) is 3. The number of benzene rings is 2. The Balaban J connectivity index is 0.00000323. The van der Waals surface area contributed by atoms with Gasteiger partial charge in [0, 0.05) is 40.2 Å². The predicted octanol–water partition coefficient (Wildman–Crippen LogP) is 6.57. The first-order valence-electron chi connectivity index (χ1n) is 15.0. The van der Waals surface area contributed by atoms with Gasteiger partial charge in [0.25, 0.3) is 5.91 Å². The van der Waals surface area contributed by atoms with Gasteiger partial charge in [-0.15, -0.1) is 12.4 Å². The number of amides is 1. The molecule has 1 amide bonds. The minimum absolute atomic E-state index is 0. The lowest BCUT2D eigenvalue weighted by Crippen LogP contribution is -2.52. The summed E-state index contributed by atoms with van der Waals surface area (Å²) in [5.74, 6) is 1.45. The van der Waals surface area contributed by atoms with Gasteiger partial charge in [0.15, 0.2) is 0 Å². The van der Waals surface area contributed by atoms with Gasteiger partial charge in [-0.05, 0) is 88.1 Å². The maximum atomic E-state index is 13.5. The van der Waals surface area contributed by atoms with Gasteiger partial charge in [-0.3, -0.25) is 4.79 Å². The van der Waals surface area contributed by atoms with Crippen LogP contribution in [0, 0.1) is 0 Å². The fourth-order valence-electron chi connectivity index (χ4n) is 6.98. The van der Waals surface area contributed by atoms with Crippen molar-refractivity contribution in [1.82, 2.24) is 15.2 Å². The minimum atomic E-state index is -0.391. The number of carbonyl (C=O) groups is 1. The summed E-state index contributed by atoms with van der Waals surface area (Å²) in [5.41, 5.74) is 5.33. The summed E-state index contributed by atoms with van der Waals surface area (Å²) < 4.78 is 8.59. The summed E-state index contributed by atoms with van der Waals surface area (Å²) in [6.45, 7) is 6.23. The summed E-state index contributed by atoms with van der Waals surface area (Å²) >= 11 is 0. The van der Waals surface area contributed by atoms with Crippen LogP contribution >= 0.6 is 12.4 Å². The Morgan fingerprint density at radius 2 is 1.77 bits per heavy atom. The van der Waals surface area contributed by atoms with Crippen LogP contribution in [-0.2, 0) is 6.54 Å². The van der Waals surface area contributed by atoms with E-state index >= 15 is 0 Å². The van der Waals surface area contributed by atoms with E-state index in [-0.39, 0.29) is 24.4 Å². The average molecular weight is 566 g/mol. The average Bonchev–Trinajstić information content (AvgIpc) is 3.14. The Morgan fingerprint density at radius 3 is 2.55 bits per heavy atom. The second-order valence-corrected chi connectivity index (χ2v) is 12.5. The van der Waals surface area contributed by atoms with Crippen molar-refractivity contribution < 1.29 is 14.6 Å². The number of hydrogen-bond acceptors (Lipinski definition) is 4. The molecule has 2 fully saturated rings. The van der Waals surface area contributed by atoms with Gasteiger partial charge in [0.05, 0.1) is 18.3 Å². The van der Waals surface area contributed by atoms with E-state index in [1.165, 1.54) is 54.3 Å². The third-order valence-corrected chi connectivity index (χ3v) is 9.08. The second kappa shape index (κ2) is 12.1. The fourth-order valence-corrected chi connectivity index (χ4v) is 6.98. The molecule has 0 bridgehead atoms. The molecular weight excluding hydrogens is 522 g/mol. The lowest BCUT2D eigenvalue weighted by Gasteiger charge is -2.32. The first kappa shape index (κ1) is 29.0. The van der Waals surface area contributed by atoms with Gasteiger partial charge in [-0.1, -0.05) is 37.5 Å². The van der Waals surface area contributed by atoms with Crippen LogP contribution in [0.1, 0.15) is 93.5 Å². The number of aromatic nitrogens is 1. The molecule has 6 rings (SSSR count). The van der Waals surface area contributed by atoms with Crippen molar-refractivity contribution >= 4 is 29.2 Å². The molecule has 0 radical (unpaired) electrons. The Morgan fingerprint density at radius 1 is 1.02 bits per heavy atom. The number of rotatable bonds is 6. The zero-order valence-corrected chi connectivity index (χ0v) is 24.7. The number of para-hydroxylation sites is 1. The Bertz CT molecular complexity index is 1340. The van der Waals surface area contributed by atoms with Crippen LogP contribution < -0.4 is 15.4 Å². The van der Waals surface area contributed by atoms with E-state index < -0.39 is 5.54 Å². The second-order valence-electron chi connectivity index (χ2n) is 12.5. The molecule has 40 heavy (non-hydrogen) atoms. The number of carbonyl (C=O) groups excluding carboxylic acids is 1. The lowest BCUT2D eigenvalue weighted by molar-refractivity contribution is 0.0905. The van der Waals surface area contributed by atoms with Gasteiger partial charge in [0.2, 0.25) is 0 Å². The molecular formula is C33H44ClN3O3. The molecule has 7 heteroatoms. The quantitative estimate of drug-likeness (QED) is 0.316.